The Hall–Kier alpha value is -1.33. The lowest BCUT2D eigenvalue weighted by molar-refractivity contribution is -0.635. The van der Waals surface area contributed by atoms with Gasteiger partial charge in [-0.25, -0.2) is 14.9 Å². The van der Waals surface area contributed by atoms with Crippen LogP contribution >= 0.6 is 0 Å². The number of carbonyl (C=O) groups excluding carboxylic acids is 1. The second kappa shape index (κ2) is 7.11. The van der Waals surface area contributed by atoms with Gasteiger partial charge in [-0.15, -0.1) is 0 Å². The van der Waals surface area contributed by atoms with Gasteiger partial charge in [-0.3, -0.25) is 0 Å². The van der Waals surface area contributed by atoms with Crippen LogP contribution in [0.4, 0.5) is 4.79 Å². The molecule has 0 saturated heterocycles. The van der Waals surface area contributed by atoms with Crippen LogP contribution in [0.2, 0.25) is 0 Å². The third-order valence-electron chi connectivity index (χ3n) is 1.81. The minimum absolute atomic E-state index is 0.111. The van der Waals surface area contributed by atoms with E-state index in [0.717, 1.165) is 26.4 Å². The van der Waals surface area contributed by atoms with Gasteiger partial charge >= 0.3 is 6.09 Å². The highest BCUT2D eigenvalue weighted by atomic mass is 16.7. The first-order chi connectivity index (χ1) is 6.63. The van der Waals surface area contributed by atoms with Crippen molar-refractivity contribution in [2.75, 3.05) is 13.7 Å². The van der Waals surface area contributed by atoms with Gasteiger partial charge in [0.05, 0.1) is 13.7 Å². The first kappa shape index (κ1) is 12.7. The smallest absolute Gasteiger partial charge is 0.449 e. The maximum absolute atomic E-state index is 10.9. The van der Waals surface area contributed by atoms with E-state index in [1.807, 2.05) is 6.92 Å². The molecule has 0 atom stereocenters. The van der Waals surface area contributed by atoms with Crippen molar-refractivity contribution in [3.63, 3.8) is 0 Å². The van der Waals surface area contributed by atoms with Crippen LogP contribution in [0.3, 0.4) is 0 Å². The summed E-state index contributed by atoms with van der Waals surface area (Å²) < 4.78 is 4.28. The Kier molecular flexibility index (Phi) is 6.43. The Balaban J connectivity index is 3.86. The fraction of sp³-hybridized carbons (Fsp3) is 0.875. The second-order valence-electron chi connectivity index (χ2n) is 2.89. The standard InChI is InChI=1S/C8H16N2O4/c1-3-4-5-6-7-9(10(12)13)8(11)14-2/h3-7H2,1-2H3. The minimum Gasteiger partial charge on any atom is -0.449 e. The van der Waals surface area contributed by atoms with E-state index in [1.54, 1.807) is 0 Å². The summed E-state index contributed by atoms with van der Waals surface area (Å²) in [5, 5.41) is 10.2. The summed E-state index contributed by atoms with van der Waals surface area (Å²) in [5.41, 5.74) is 0. The highest BCUT2D eigenvalue weighted by Gasteiger charge is 2.23. The molecular weight excluding hydrogens is 188 g/mol. The van der Waals surface area contributed by atoms with Crippen LogP contribution in [0.1, 0.15) is 32.6 Å². The summed E-state index contributed by atoms with van der Waals surface area (Å²) in [4.78, 5) is 21.3. The lowest BCUT2D eigenvalue weighted by atomic mass is 10.2. The van der Waals surface area contributed by atoms with E-state index in [1.165, 1.54) is 0 Å². The maximum atomic E-state index is 10.9. The number of hydrogen-bond acceptors (Lipinski definition) is 4. The molecule has 0 aromatic carbocycles. The molecule has 0 fully saturated rings. The SMILES string of the molecule is CCCCCCN(C(=O)OC)[N+](=O)[O-]. The molecule has 0 aliphatic rings. The minimum atomic E-state index is -0.911. The molecule has 0 aliphatic heterocycles. The summed E-state index contributed by atoms with van der Waals surface area (Å²) in [6, 6.07) is 0. The molecule has 0 saturated carbocycles. The van der Waals surface area contributed by atoms with Gasteiger partial charge in [0.1, 0.15) is 0 Å². The van der Waals surface area contributed by atoms with Crippen LogP contribution in [-0.2, 0) is 4.74 Å². The van der Waals surface area contributed by atoms with E-state index in [0.29, 0.717) is 11.4 Å². The number of hydrogen-bond donors (Lipinski definition) is 0. The first-order valence-corrected chi connectivity index (χ1v) is 4.63. The Bertz CT molecular complexity index is 196. The molecule has 0 heterocycles. The molecule has 0 aromatic heterocycles. The largest absolute Gasteiger partial charge is 0.467 e. The van der Waals surface area contributed by atoms with Crippen LogP contribution in [-0.4, -0.2) is 29.8 Å². The molecular formula is C8H16N2O4. The summed E-state index contributed by atoms with van der Waals surface area (Å²) in [7, 11) is 1.13. The van der Waals surface area contributed by atoms with Crippen molar-refractivity contribution in [3.05, 3.63) is 10.1 Å². The first-order valence-electron chi connectivity index (χ1n) is 4.63. The van der Waals surface area contributed by atoms with Crippen molar-refractivity contribution >= 4 is 6.09 Å². The van der Waals surface area contributed by atoms with Crippen molar-refractivity contribution in [1.29, 1.82) is 0 Å². The predicted octanol–water partition coefficient (Wildman–Crippen LogP) is 1.83. The number of methoxy groups -OCH3 is 1. The highest BCUT2D eigenvalue weighted by molar-refractivity contribution is 5.65. The Morgan fingerprint density at radius 2 is 2.07 bits per heavy atom. The summed E-state index contributed by atoms with van der Waals surface area (Å²) in [6.07, 6.45) is 2.68. The van der Waals surface area contributed by atoms with E-state index in [-0.39, 0.29) is 6.54 Å². The topological polar surface area (TPSA) is 72.7 Å². The van der Waals surface area contributed by atoms with Crippen molar-refractivity contribution < 1.29 is 14.6 Å². The van der Waals surface area contributed by atoms with Crippen LogP contribution < -0.4 is 0 Å². The van der Waals surface area contributed by atoms with Crippen molar-refractivity contribution in [2.24, 2.45) is 0 Å². The zero-order chi connectivity index (χ0) is 11.0. The van der Waals surface area contributed by atoms with E-state index in [2.05, 4.69) is 4.74 Å². The Labute approximate surface area is 83.0 Å². The molecule has 0 rings (SSSR count). The zero-order valence-corrected chi connectivity index (χ0v) is 8.56. The average Bonchev–Trinajstić information content (AvgIpc) is 2.16. The van der Waals surface area contributed by atoms with Crippen LogP contribution in [0, 0.1) is 10.1 Å². The van der Waals surface area contributed by atoms with Gasteiger partial charge in [0.25, 0.3) is 0 Å². The third-order valence-corrected chi connectivity index (χ3v) is 1.81. The van der Waals surface area contributed by atoms with Crippen molar-refractivity contribution in [1.82, 2.24) is 5.01 Å². The van der Waals surface area contributed by atoms with E-state index in [9.17, 15) is 14.9 Å². The van der Waals surface area contributed by atoms with E-state index >= 15 is 0 Å². The second-order valence-corrected chi connectivity index (χ2v) is 2.89. The lowest BCUT2D eigenvalue weighted by Gasteiger charge is -2.09. The van der Waals surface area contributed by atoms with Gasteiger partial charge < -0.3 is 4.74 Å². The summed E-state index contributed by atoms with van der Waals surface area (Å²) in [6.45, 7) is 2.16. The molecule has 0 spiro atoms. The molecule has 14 heavy (non-hydrogen) atoms. The third kappa shape index (κ3) is 4.64. The maximum Gasteiger partial charge on any atom is 0.467 e. The molecule has 0 unspecified atom stereocenters. The fourth-order valence-electron chi connectivity index (χ4n) is 1.03. The normalized spacial score (nSPS) is 9.57. The molecule has 1 amide bonds. The quantitative estimate of drug-likeness (QED) is 0.376. The summed E-state index contributed by atoms with van der Waals surface area (Å²) >= 11 is 0. The molecule has 0 N–H and O–H groups in total. The number of ether oxygens (including phenoxy) is 1. The molecule has 0 aliphatic carbocycles. The lowest BCUT2D eigenvalue weighted by Crippen LogP contribution is -2.36. The molecule has 6 nitrogen and oxygen atoms in total. The number of nitrogens with zero attached hydrogens (tertiary/aromatic N) is 2. The van der Waals surface area contributed by atoms with Gasteiger partial charge in [0.15, 0.2) is 5.03 Å². The number of amides is 1. The average molecular weight is 204 g/mol. The zero-order valence-electron chi connectivity index (χ0n) is 8.56. The van der Waals surface area contributed by atoms with Gasteiger partial charge in [0.2, 0.25) is 0 Å². The number of rotatable bonds is 6. The van der Waals surface area contributed by atoms with Crippen LogP contribution in [0.5, 0.6) is 0 Å². The number of carbonyl (C=O) groups is 1. The number of hydrazine groups is 1. The Morgan fingerprint density at radius 3 is 2.50 bits per heavy atom. The van der Waals surface area contributed by atoms with Crippen LogP contribution in [0.25, 0.3) is 0 Å². The van der Waals surface area contributed by atoms with E-state index in [4.69, 9.17) is 0 Å². The van der Waals surface area contributed by atoms with Crippen molar-refractivity contribution in [2.45, 2.75) is 32.6 Å². The molecule has 0 bridgehead atoms. The molecule has 82 valence electrons. The molecule has 0 radical (unpaired) electrons. The fourth-order valence-corrected chi connectivity index (χ4v) is 1.03. The van der Waals surface area contributed by atoms with Gasteiger partial charge in [-0.05, 0) is 11.4 Å². The summed E-state index contributed by atoms with van der Waals surface area (Å²) in [5.74, 6) is 0. The number of unbranched alkanes of at least 4 members (excludes halogenated alkanes) is 3. The van der Waals surface area contributed by atoms with E-state index < -0.39 is 11.1 Å². The van der Waals surface area contributed by atoms with Crippen molar-refractivity contribution in [3.8, 4) is 0 Å². The predicted molar refractivity (Wildman–Crippen MR) is 50.2 cm³/mol. The van der Waals surface area contributed by atoms with Gasteiger partial charge in [0, 0.05) is 0 Å². The monoisotopic (exact) mass is 204 g/mol. The molecule has 0 aromatic rings. The Morgan fingerprint density at radius 1 is 1.43 bits per heavy atom. The van der Waals surface area contributed by atoms with Gasteiger partial charge in [-0.2, -0.15) is 0 Å². The molecule has 6 heteroatoms. The van der Waals surface area contributed by atoms with Gasteiger partial charge in [-0.1, -0.05) is 26.2 Å². The van der Waals surface area contributed by atoms with Crippen LogP contribution in [0.15, 0.2) is 0 Å². The number of nitro groups is 1. The highest BCUT2D eigenvalue weighted by Crippen LogP contribution is 2.02.